The van der Waals surface area contributed by atoms with Crippen molar-refractivity contribution in [3.05, 3.63) is 52.2 Å². The van der Waals surface area contributed by atoms with Gasteiger partial charge in [-0.05, 0) is 47.8 Å². The Morgan fingerprint density at radius 2 is 2.10 bits per heavy atom. The first kappa shape index (κ1) is 14.5. The number of hydrogen-bond acceptors (Lipinski definition) is 3. The fourth-order valence-electron chi connectivity index (χ4n) is 1.61. The molecule has 0 atom stereocenters. The molecule has 0 spiro atoms. The minimum Gasteiger partial charge on any atom is -0.331 e. The van der Waals surface area contributed by atoms with Crippen molar-refractivity contribution in [2.24, 2.45) is 0 Å². The van der Waals surface area contributed by atoms with E-state index in [-0.39, 0.29) is 5.91 Å². The number of benzene rings is 1. The van der Waals surface area contributed by atoms with Crippen LogP contribution in [0.3, 0.4) is 0 Å². The molecule has 0 bridgehead atoms. The molecule has 1 amide bonds. The minimum atomic E-state index is -0.202. The third-order valence-electron chi connectivity index (χ3n) is 2.63. The van der Waals surface area contributed by atoms with Crippen molar-refractivity contribution in [2.45, 2.75) is 13.3 Å². The molecule has 6 heteroatoms. The van der Waals surface area contributed by atoms with Gasteiger partial charge in [-0.25, -0.2) is 0 Å². The first-order valence-electron chi connectivity index (χ1n) is 6.19. The van der Waals surface area contributed by atoms with Crippen LogP contribution < -0.4 is 16.2 Å². The van der Waals surface area contributed by atoms with Gasteiger partial charge in [0.05, 0.1) is 4.88 Å². The van der Waals surface area contributed by atoms with Crippen LogP contribution >= 0.6 is 23.6 Å². The van der Waals surface area contributed by atoms with Crippen LogP contribution in [0.2, 0.25) is 0 Å². The largest absolute Gasteiger partial charge is 0.331 e. The van der Waals surface area contributed by atoms with Crippen molar-refractivity contribution in [2.75, 3.05) is 5.32 Å². The summed E-state index contributed by atoms with van der Waals surface area (Å²) in [5, 5.41) is 5.23. The third kappa shape index (κ3) is 4.04. The lowest BCUT2D eigenvalue weighted by Gasteiger charge is -2.11. The highest BCUT2D eigenvalue weighted by atomic mass is 32.1. The lowest BCUT2D eigenvalue weighted by atomic mass is 10.1. The average molecular weight is 305 g/mol. The Morgan fingerprint density at radius 3 is 2.80 bits per heavy atom. The molecule has 0 saturated carbocycles. The van der Waals surface area contributed by atoms with E-state index in [1.807, 2.05) is 29.6 Å². The van der Waals surface area contributed by atoms with Gasteiger partial charge in [0.15, 0.2) is 5.11 Å². The summed E-state index contributed by atoms with van der Waals surface area (Å²) in [6, 6.07) is 11.5. The number of thiocarbonyl (C=S) groups is 1. The summed E-state index contributed by atoms with van der Waals surface area (Å²) >= 11 is 6.51. The molecule has 0 aliphatic carbocycles. The van der Waals surface area contributed by atoms with Crippen LogP contribution in [0.1, 0.15) is 22.2 Å². The molecule has 0 aliphatic heterocycles. The van der Waals surface area contributed by atoms with Crippen LogP contribution in [0.25, 0.3) is 0 Å². The van der Waals surface area contributed by atoms with Gasteiger partial charge in [-0.1, -0.05) is 25.1 Å². The third-order valence-corrected chi connectivity index (χ3v) is 3.70. The van der Waals surface area contributed by atoms with E-state index >= 15 is 0 Å². The molecule has 0 saturated heterocycles. The molecule has 0 aliphatic rings. The zero-order chi connectivity index (χ0) is 14.4. The van der Waals surface area contributed by atoms with Gasteiger partial charge in [0.2, 0.25) is 0 Å². The van der Waals surface area contributed by atoms with Gasteiger partial charge in [-0.2, -0.15) is 0 Å². The molecular weight excluding hydrogens is 290 g/mol. The van der Waals surface area contributed by atoms with Crippen molar-refractivity contribution in [3.8, 4) is 0 Å². The van der Waals surface area contributed by atoms with E-state index in [1.165, 1.54) is 16.9 Å². The predicted molar refractivity (Wildman–Crippen MR) is 87.0 cm³/mol. The Hall–Kier alpha value is -1.92. The molecule has 2 rings (SSSR count). The normalized spacial score (nSPS) is 9.85. The summed E-state index contributed by atoms with van der Waals surface area (Å²) in [4.78, 5) is 12.3. The second kappa shape index (κ2) is 7.02. The van der Waals surface area contributed by atoms with E-state index in [9.17, 15) is 4.79 Å². The topological polar surface area (TPSA) is 53.2 Å². The highest BCUT2D eigenvalue weighted by Crippen LogP contribution is 2.11. The van der Waals surface area contributed by atoms with Crippen LogP contribution in [0.4, 0.5) is 5.69 Å². The predicted octanol–water partition coefficient (Wildman–Crippen LogP) is 2.94. The number of hydrogen-bond donors (Lipinski definition) is 3. The fourth-order valence-corrected chi connectivity index (χ4v) is 2.40. The Labute approximate surface area is 127 Å². The number of carbonyl (C=O) groups is 1. The lowest BCUT2D eigenvalue weighted by molar-refractivity contribution is 0.0948. The van der Waals surface area contributed by atoms with Crippen molar-refractivity contribution >= 4 is 40.3 Å². The summed E-state index contributed by atoms with van der Waals surface area (Å²) in [6.07, 6.45) is 0.963. The number of amides is 1. The van der Waals surface area contributed by atoms with Gasteiger partial charge in [0.25, 0.3) is 5.91 Å². The van der Waals surface area contributed by atoms with Gasteiger partial charge in [-0.3, -0.25) is 15.6 Å². The Bertz CT molecular complexity index is 596. The Kier molecular flexibility index (Phi) is 5.09. The van der Waals surface area contributed by atoms with Crippen molar-refractivity contribution < 1.29 is 4.79 Å². The number of thiophene rings is 1. The SMILES string of the molecule is CCc1cccc(NC(=S)NNC(=O)c2cccs2)c1. The van der Waals surface area contributed by atoms with E-state index in [4.69, 9.17) is 12.2 Å². The number of rotatable bonds is 3. The molecule has 1 heterocycles. The molecule has 104 valence electrons. The molecular formula is C14H15N3OS2. The summed E-state index contributed by atoms with van der Waals surface area (Å²) in [7, 11) is 0. The van der Waals surface area contributed by atoms with Crippen molar-refractivity contribution in [3.63, 3.8) is 0 Å². The number of hydrazine groups is 1. The first-order chi connectivity index (χ1) is 9.69. The zero-order valence-electron chi connectivity index (χ0n) is 11.0. The second-order valence-corrected chi connectivity index (χ2v) is 5.42. The van der Waals surface area contributed by atoms with Crippen LogP contribution in [0.5, 0.6) is 0 Å². The molecule has 1 aromatic carbocycles. The molecule has 0 radical (unpaired) electrons. The Morgan fingerprint density at radius 1 is 1.25 bits per heavy atom. The quantitative estimate of drug-likeness (QED) is 0.603. The maximum atomic E-state index is 11.7. The molecule has 1 aromatic heterocycles. The number of carbonyl (C=O) groups excluding carboxylic acids is 1. The monoisotopic (exact) mass is 305 g/mol. The molecule has 20 heavy (non-hydrogen) atoms. The van der Waals surface area contributed by atoms with Gasteiger partial charge in [0.1, 0.15) is 0 Å². The maximum absolute atomic E-state index is 11.7. The van der Waals surface area contributed by atoms with Gasteiger partial charge < -0.3 is 5.32 Å². The number of nitrogens with one attached hydrogen (secondary N) is 3. The van der Waals surface area contributed by atoms with Crippen molar-refractivity contribution in [1.82, 2.24) is 10.9 Å². The lowest BCUT2D eigenvalue weighted by Crippen LogP contribution is -2.43. The van der Waals surface area contributed by atoms with Gasteiger partial charge in [0, 0.05) is 5.69 Å². The van der Waals surface area contributed by atoms with Crippen LogP contribution in [-0.4, -0.2) is 11.0 Å². The van der Waals surface area contributed by atoms with E-state index in [0.717, 1.165) is 12.1 Å². The smallest absolute Gasteiger partial charge is 0.279 e. The average Bonchev–Trinajstić information content (AvgIpc) is 2.99. The molecule has 0 fully saturated rings. The summed E-state index contributed by atoms with van der Waals surface area (Å²) in [5.41, 5.74) is 7.35. The van der Waals surface area contributed by atoms with Crippen LogP contribution in [0, 0.1) is 0 Å². The standard InChI is InChI=1S/C14H15N3OS2/c1-2-10-5-3-6-11(9-10)15-14(19)17-16-13(18)12-7-4-8-20-12/h3-9H,2H2,1H3,(H,16,18)(H2,15,17,19). The molecule has 0 unspecified atom stereocenters. The minimum absolute atomic E-state index is 0.202. The Balaban J connectivity index is 1.85. The zero-order valence-corrected chi connectivity index (χ0v) is 12.6. The molecule has 3 N–H and O–H groups in total. The van der Waals surface area contributed by atoms with Gasteiger partial charge in [-0.15, -0.1) is 11.3 Å². The molecule has 4 nitrogen and oxygen atoms in total. The highest BCUT2D eigenvalue weighted by molar-refractivity contribution is 7.80. The van der Waals surface area contributed by atoms with E-state index in [1.54, 1.807) is 6.07 Å². The number of anilines is 1. The van der Waals surface area contributed by atoms with E-state index in [2.05, 4.69) is 29.2 Å². The fraction of sp³-hybridized carbons (Fsp3) is 0.143. The van der Waals surface area contributed by atoms with Crippen LogP contribution in [0.15, 0.2) is 41.8 Å². The summed E-state index contributed by atoms with van der Waals surface area (Å²) < 4.78 is 0. The van der Waals surface area contributed by atoms with E-state index in [0.29, 0.717) is 9.99 Å². The summed E-state index contributed by atoms with van der Waals surface area (Å²) in [5.74, 6) is -0.202. The van der Waals surface area contributed by atoms with Crippen LogP contribution in [-0.2, 0) is 6.42 Å². The highest BCUT2D eigenvalue weighted by Gasteiger charge is 2.06. The van der Waals surface area contributed by atoms with Gasteiger partial charge >= 0.3 is 0 Å². The maximum Gasteiger partial charge on any atom is 0.279 e. The van der Waals surface area contributed by atoms with E-state index < -0.39 is 0 Å². The molecule has 2 aromatic rings. The summed E-state index contributed by atoms with van der Waals surface area (Å²) in [6.45, 7) is 2.09. The van der Waals surface area contributed by atoms with Crippen molar-refractivity contribution in [1.29, 1.82) is 0 Å². The first-order valence-corrected chi connectivity index (χ1v) is 7.47. The second-order valence-electron chi connectivity index (χ2n) is 4.06. The number of aryl methyl sites for hydroxylation is 1.